The van der Waals surface area contributed by atoms with Crippen LogP contribution in [0.25, 0.3) is 0 Å². The Morgan fingerprint density at radius 2 is 2.00 bits per heavy atom. The van der Waals surface area contributed by atoms with E-state index >= 15 is 0 Å². The molecule has 1 unspecified atom stereocenters. The van der Waals surface area contributed by atoms with Crippen LogP contribution in [0.4, 0.5) is 0 Å². The van der Waals surface area contributed by atoms with Gasteiger partial charge in [-0.25, -0.2) is 9.59 Å². The van der Waals surface area contributed by atoms with Gasteiger partial charge >= 0.3 is 17.7 Å². The van der Waals surface area contributed by atoms with Crippen LogP contribution in [0.5, 0.6) is 0 Å². The lowest BCUT2D eigenvalue weighted by Crippen LogP contribution is -2.55. The number of hydrogen-bond donors (Lipinski definition) is 1. The molecular weight excluding hydrogens is 329 g/mol. The van der Waals surface area contributed by atoms with Gasteiger partial charge in [0.25, 0.3) is 0 Å². The average molecular weight is 344 g/mol. The fourth-order valence-electron chi connectivity index (χ4n) is 2.08. The first-order valence-electron chi connectivity index (χ1n) is 6.57. The number of carbonyl (C=O) groups excluding carboxylic acids is 2. The minimum Gasteiger partial charge on any atom is -0.464 e. The maximum absolute atomic E-state index is 12.3. The summed E-state index contributed by atoms with van der Waals surface area (Å²) < 4.78 is 10.1. The van der Waals surface area contributed by atoms with Crippen molar-refractivity contribution in [3.8, 4) is 0 Å². The van der Waals surface area contributed by atoms with Crippen LogP contribution in [0.1, 0.15) is 19.4 Å². The predicted octanol–water partition coefficient (Wildman–Crippen LogP) is 3.01. The lowest BCUT2D eigenvalue weighted by Gasteiger charge is -2.37. The second-order valence-corrected chi connectivity index (χ2v) is 5.92. The number of methoxy groups -OCH3 is 1. The average Bonchev–Trinajstić information content (AvgIpc) is 2.48. The number of cyclic esters (lactones) is 1. The third-order valence-corrected chi connectivity index (χ3v) is 4.01. The molecule has 0 fully saturated rings. The molecule has 1 aliphatic heterocycles. The Morgan fingerprint density at radius 3 is 2.55 bits per heavy atom. The highest BCUT2D eigenvalue weighted by Gasteiger charge is 2.49. The Morgan fingerprint density at radius 1 is 1.32 bits per heavy atom. The lowest BCUT2D eigenvalue weighted by molar-refractivity contribution is -0.185. The molecule has 1 aromatic rings. The van der Waals surface area contributed by atoms with Crippen LogP contribution in [0.2, 0.25) is 10.0 Å². The first-order chi connectivity index (χ1) is 10.3. The summed E-state index contributed by atoms with van der Waals surface area (Å²) in [5, 5.41) is 3.52. The maximum Gasteiger partial charge on any atom is 0.377 e. The second-order valence-electron chi connectivity index (χ2n) is 5.10. The van der Waals surface area contributed by atoms with Crippen LogP contribution < -0.4 is 5.32 Å². The maximum atomic E-state index is 12.3. The van der Waals surface area contributed by atoms with Gasteiger partial charge in [-0.2, -0.15) is 0 Å². The van der Waals surface area contributed by atoms with E-state index in [1.54, 1.807) is 6.07 Å². The highest BCUT2D eigenvalue weighted by molar-refractivity contribution is 6.42. The van der Waals surface area contributed by atoms with E-state index in [1.165, 1.54) is 25.3 Å². The highest BCUT2D eigenvalue weighted by atomic mass is 35.5. The standard InChI is InChI=1S/C15H15Cl2NO4/c1-8(2)12-7-13(19)22-15(18-12,14(20)21-3)9-4-5-10(16)11(17)6-9/h4-8,18H,1-3H3. The van der Waals surface area contributed by atoms with Crippen molar-refractivity contribution in [2.75, 3.05) is 7.11 Å². The van der Waals surface area contributed by atoms with Gasteiger partial charge in [-0.1, -0.05) is 43.1 Å². The number of benzene rings is 1. The largest absolute Gasteiger partial charge is 0.464 e. The van der Waals surface area contributed by atoms with E-state index in [1.807, 2.05) is 13.8 Å². The van der Waals surface area contributed by atoms with Gasteiger partial charge < -0.3 is 14.8 Å². The van der Waals surface area contributed by atoms with Crippen molar-refractivity contribution in [3.63, 3.8) is 0 Å². The SMILES string of the molecule is COC(=O)C1(c2ccc(Cl)c(Cl)c2)NC(C(C)C)=CC(=O)O1. The molecule has 1 aromatic carbocycles. The van der Waals surface area contributed by atoms with Crippen LogP contribution in [0.15, 0.2) is 30.0 Å². The predicted molar refractivity (Wildman–Crippen MR) is 82.3 cm³/mol. The van der Waals surface area contributed by atoms with Gasteiger partial charge in [-0.05, 0) is 18.1 Å². The number of allylic oxidation sites excluding steroid dienone is 1. The van der Waals surface area contributed by atoms with Gasteiger partial charge in [0.15, 0.2) is 0 Å². The van der Waals surface area contributed by atoms with Crippen LogP contribution in [-0.2, 0) is 24.8 Å². The Labute approximate surface area is 138 Å². The molecule has 0 amide bonds. The smallest absolute Gasteiger partial charge is 0.377 e. The molecule has 118 valence electrons. The van der Waals surface area contributed by atoms with Crippen molar-refractivity contribution >= 4 is 35.1 Å². The summed E-state index contributed by atoms with van der Waals surface area (Å²) in [4.78, 5) is 24.3. The van der Waals surface area contributed by atoms with E-state index in [0.717, 1.165) is 0 Å². The van der Waals surface area contributed by atoms with Crippen LogP contribution in [-0.4, -0.2) is 19.0 Å². The number of esters is 2. The topological polar surface area (TPSA) is 64.6 Å². The molecule has 22 heavy (non-hydrogen) atoms. The summed E-state index contributed by atoms with van der Waals surface area (Å²) in [5.74, 6) is -1.41. The molecule has 1 N–H and O–H groups in total. The summed E-state index contributed by atoms with van der Waals surface area (Å²) in [6, 6.07) is 4.53. The molecule has 0 saturated heterocycles. The van der Waals surface area contributed by atoms with Gasteiger partial charge in [0.1, 0.15) is 0 Å². The van der Waals surface area contributed by atoms with Gasteiger partial charge in [0.05, 0.1) is 17.2 Å². The summed E-state index contributed by atoms with van der Waals surface area (Å²) in [7, 11) is 1.21. The lowest BCUT2D eigenvalue weighted by atomic mass is 9.98. The van der Waals surface area contributed by atoms with E-state index in [0.29, 0.717) is 16.3 Å². The molecule has 1 heterocycles. The molecule has 0 bridgehead atoms. The van der Waals surface area contributed by atoms with E-state index in [-0.39, 0.29) is 10.9 Å². The van der Waals surface area contributed by atoms with Crippen LogP contribution in [0.3, 0.4) is 0 Å². The number of halogens is 2. The van der Waals surface area contributed by atoms with Gasteiger partial charge in [0, 0.05) is 17.3 Å². The second kappa shape index (κ2) is 6.18. The molecule has 5 nitrogen and oxygen atoms in total. The van der Waals surface area contributed by atoms with Gasteiger partial charge in [0.2, 0.25) is 0 Å². The summed E-state index contributed by atoms with van der Waals surface area (Å²) >= 11 is 11.9. The fraction of sp³-hybridized carbons (Fsp3) is 0.333. The molecule has 1 atom stereocenters. The molecule has 1 aliphatic rings. The van der Waals surface area contributed by atoms with E-state index in [9.17, 15) is 9.59 Å². The van der Waals surface area contributed by atoms with Gasteiger partial charge in [-0.3, -0.25) is 0 Å². The van der Waals surface area contributed by atoms with Crippen molar-refractivity contribution in [2.45, 2.75) is 19.6 Å². The quantitative estimate of drug-likeness (QED) is 0.854. The summed E-state index contributed by atoms with van der Waals surface area (Å²) in [5.41, 5.74) is -0.893. The monoisotopic (exact) mass is 343 g/mol. The highest BCUT2D eigenvalue weighted by Crippen LogP contribution is 2.34. The van der Waals surface area contributed by atoms with E-state index < -0.39 is 17.7 Å². The molecule has 0 saturated carbocycles. The number of ether oxygens (including phenoxy) is 2. The Hall–Kier alpha value is -1.72. The van der Waals surface area contributed by atoms with Gasteiger partial charge in [-0.15, -0.1) is 0 Å². The molecule has 0 aromatic heterocycles. The molecule has 0 radical (unpaired) electrons. The minimum atomic E-state index is -1.78. The van der Waals surface area contributed by atoms with E-state index in [4.69, 9.17) is 32.7 Å². The van der Waals surface area contributed by atoms with Crippen molar-refractivity contribution in [2.24, 2.45) is 5.92 Å². The summed E-state index contributed by atoms with van der Waals surface area (Å²) in [6.45, 7) is 3.77. The number of nitrogens with one attached hydrogen (secondary N) is 1. The Kier molecular flexibility index (Phi) is 4.68. The third kappa shape index (κ3) is 2.91. The molecule has 7 heteroatoms. The molecular formula is C15H15Cl2NO4. The minimum absolute atomic E-state index is 0.0142. The summed E-state index contributed by atoms with van der Waals surface area (Å²) in [6.07, 6.45) is 1.31. The zero-order chi connectivity index (χ0) is 16.5. The number of carbonyl (C=O) groups is 2. The Balaban J connectivity index is 2.59. The van der Waals surface area contributed by atoms with E-state index in [2.05, 4.69) is 5.32 Å². The zero-order valence-electron chi connectivity index (χ0n) is 12.3. The van der Waals surface area contributed by atoms with Crippen molar-refractivity contribution in [3.05, 3.63) is 45.6 Å². The normalized spacial score (nSPS) is 21.0. The first kappa shape index (κ1) is 16.6. The first-order valence-corrected chi connectivity index (χ1v) is 7.32. The fourth-order valence-corrected chi connectivity index (χ4v) is 2.38. The van der Waals surface area contributed by atoms with Crippen LogP contribution in [0, 0.1) is 5.92 Å². The molecule has 0 aliphatic carbocycles. The number of rotatable bonds is 3. The van der Waals surface area contributed by atoms with Crippen molar-refractivity contribution < 1.29 is 19.1 Å². The Bertz CT molecular complexity index is 657. The van der Waals surface area contributed by atoms with Crippen molar-refractivity contribution in [1.29, 1.82) is 0 Å². The van der Waals surface area contributed by atoms with Crippen LogP contribution >= 0.6 is 23.2 Å². The third-order valence-electron chi connectivity index (χ3n) is 3.27. The molecule has 0 spiro atoms. The number of hydrogen-bond acceptors (Lipinski definition) is 5. The molecule has 2 rings (SSSR count). The van der Waals surface area contributed by atoms with Crippen molar-refractivity contribution in [1.82, 2.24) is 5.32 Å². The zero-order valence-corrected chi connectivity index (χ0v) is 13.8.